The number of pyridine rings is 1. The van der Waals surface area contributed by atoms with Crippen LogP contribution in [-0.2, 0) is 18.0 Å². The van der Waals surface area contributed by atoms with Crippen molar-refractivity contribution in [3.63, 3.8) is 0 Å². The first-order chi connectivity index (χ1) is 11.6. The van der Waals surface area contributed by atoms with E-state index >= 15 is 0 Å². The van der Waals surface area contributed by atoms with E-state index < -0.39 is 6.09 Å². The maximum Gasteiger partial charge on any atom is 0.407 e. The molecule has 2 rings (SSSR count). The molecule has 0 spiro atoms. The van der Waals surface area contributed by atoms with Crippen LogP contribution in [-0.4, -0.2) is 27.8 Å². The van der Waals surface area contributed by atoms with Crippen LogP contribution in [0.15, 0.2) is 42.6 Å². The Kier molecular flexibility index (Phi) is 6.33. The Bertz CT molecular complexity index is 714. The first kappa shape index (κ1) is 17.5. The van der Waals surface area contributed by atoms with E-state index in [1.165, 1.54) is 6.20 Å². The zero-order valence-corrected chi connectivity index (χ0v) is 13.4. The number of carbonyl (C=O) groups is 1. The molecule has 24 heavy (non-hydrogen) atoms. The number of amides is 1. The van der Waals surface area contributed by atoms with E-state index in [1.807, 2.05) is 30.3 Å². The van der Waals surface area contributed by atoms with E-state index in [1.54, 1.807) is 19.1 Å². The Morgan fingerprint density at radius 3 is 2.79 bits per heavy atom. The van der Waals surface area contributed by atoms with Crippen LogP contribution in [0.25, 0.3) is 6.08 Å². The Morgan fingerprint density at radius 1 is 1.33 bits per heavy atom. The van der Waals surface area contributed by atoms with Gasteiger partial charge in [-0.1, -0.05) is 42.5 Å². The number of alkyl carbamates (subject to hydrolysis) is 1. The van der Waals surface area contributed by atoms with Crippen molar-refractivity contribution in [3.8, 4) is 5.75 Å². The van der Waals surface area contributed by atoms with Crippen LogP contribution in [0.3, 0.4) is 0 Å². The molecule has 1 aromatic carbocycles. The summed E-state index contributed by atoms with van der Waals surface area (Å²) in [6.07, 6.45) is 4.28. The largest absolute Gasteiger partial charge is 0.505 e. The van der Waals surface area contributed by atoms with Gasteiger partial charge in [0.05, 0.1) is 12.3 Å². The van der Waals surface area contributed by atoms with Crippen LogP contribution in [0.2, 0.25) is 0 Å². The molecule has 126 valence electrons. The van der Waals surface area contributed by atoms with Crippen molar-refractivity contribution >= 4 is 12.2 Å². The minimum absolute atomic E-state index is 0.0180. The summed E-state index contributed by atoms with van der Waals surface area (Å²) in [5, 5.41) is 21.9. The summed E-state index contributed by atoms with van der Waals surface area (Å²) < 4.78 is 5.08. The van der Waals surface area contributed by atoms with E-state index in [0.29, 0.717) is 16.8 Å². The molecule has 1 heterocycles. The normalized spacial score (nSPS) is 10.8. The van der Waals surface area contributed by atoms with Crippen LogP contribution < -0.4 is 5.32 Å². The van der Waals surface area contributed by atoms with Crippen molar-refractivity contribution in [2.75, 3.05) is 6.54 Å². The number of aryl methyl sites for hydroxylation is 1. The van der Waals surface area contributed by atoms with Gasteiger partial charge in [-0.15, -0.1) is 0 Å². The predicted molar refractivity (Wildman–Crippen MR) is 90.2 cm³/mol. The van der Waals surface area contributed by atoms with Crippen LogP contribution in [0.5, 0.6) is 5.75 Å². The van der Waals surface area contributed by atoms with Gasteiger partial charge in [-0.05, 0) is 12.5 Å². The summed E-state index contributed by atoms with van der Waals surface area (Å²) >= 11 is 0. The zero-order chi connectivity index (χ0) is 17.4. The molecule has 0 fully saturated rings. The fraction of sp³-hybridized carbons (Fsp3) is 0.222. The minimum Gasteiger partial charge on any atom is -0.505 e. The van der Waals surface area contributed by atoms with E-state index in [0.717, 1.165) is 5.56 Å². The molecule has 0 atom stereocenters. The van der Waals surface area contributed by atoms with Gasteiger partial charge in [-0.3, -0.25) is 4.98 Å². The van der Waals surface area contributed by atoms with Crippen molar-refractivity contribution < 1.29 is 19.7 Å². The van der Waals surface area contributed by atoms with E-state index in [-0.39, 0.29) is 25.5 Å². The van der Waals surface area contributed by atoms with Gasteiger partial charge < -0.3 is 20.3 Å². The fourth-order valence-corrected chi connectivity index (χ4v) is 2.06. The van der Waals surface area contributed by atoms with Gasteiger partial charge in [0.1, 0.15) is 12.4 Å². The molecule has 1 aromatic heterocycles. The summed E-state index contributed by atoms with van der Waals surface area (Å²) in [4.78, 5) is 15.6. The third-order valence-electron chi connectivity index (χ3n) is 3.39. The first-order valence-electron chi connectivity index (χ1n) is 7.51. The molecule has 0 saturated heterocycles. The topological polar surface area (TPSA) is 91.7 Å². The maximum atomic E-state index is 11.6. The van der Waals surface area contributed by atoms with E-state index in [9.17, 15) is 15.0 Å². The second kappa shape index (κ2) is 8.69. The lowest BCUT2D eigenvalue weighted by molar-refractivity contribution is 0.141. The average molecular weight is 328 g/mol. The molecule has 2 aromatic rings. The maximum absolute atomic E-state index is 11.6. The Balaban J connectivity index is 1.84. The number of ether oxygens (including phenoxy) is 1. The molecular weight excluding hydrogens is 308 g/mol. The molecule has 0 radical (unpaired) electrons. The van der Waals surface area contributed by atoms with Crippen LogP contribution >= 0.6 is 0 Å². The van der Waals surface area contributed by atoms with Gasteiger partial charge in [0.2, 0.25) is 0 Å². The average Bonchev–Trinajstić information content (AvgIpc) is 2.61. The Morgan fingerprint density at radius 2 is 2.08 bits per heavy atom. The van der Waals surface area contributed by atoms with Gasteiger partial charge in [0, 0.05) is 23.9 Å². The molecule has 1 amide bonds. The lowest BCUT2D eigenvalue weighted by Gasteiger charge is -2.08. The van der Waals surface area contributed by atoms with Crippen molar-refractivity contribution in [1.29, 1.82) is 0 Å². The molecule has 0 bridgehead atoms. The highest BCUT2D eigenvalue weighted by Gasteiger charge is 2.08. The summed E-state index contributed by atoms with van der Waals surface area (Å²) in [5.41, 5.74) is 2.39. The van der Waals surface area contributed by atoms with Gasteiger partial charge in [-0.25, -0.2) is 4.79 Å². The molecular formula is C18H20N2O4. The number of aliphatic hydroxyl groups is 1. The number of rotatable bonds is 6. The highest BCUT2D eigenvalue weighted by Crippen LogP contribution is 2.24. The molecule has 0 unspecified atom stereocenters. The second-order valence-corrected chi connectivity index (χ2v) is 5.13. The molecule has 6 heteroatoms. The SMILES string of the molecule is Cc1ncc(CO)c(C=CCNC(=O)OCc2ccccc2)c1O. The van der Waals surface area contributed by atoms with Gasteiger partial charge in [-0.2, -0.15) is 0 Å². The van der Waals surface area contributed by atoms with Crippen molar-refractivity contribution in [3.05, 3.63) is 65.0 Å². The smallest absolute Gasteiger partial charge is 0.407 e. The van der Waals surface area contributed by atoms with Gasteiger partial charge >= 0.3 is 6.09 Å². The van der Waals surface area contributed by atoms with Crippen molar-refractivity contribution in [2.24, 2.45) is 0 Å². The number of hydrogen-bond donors (Lipinski definition) is 3. The number of nitrogens with zero attached hydrogens (tertiary/aromatic N) is 1. The molecule has 0 saturated carbocycles. The Labute approximate surface area is 140 Å². The number of nitrogens with one attached hydrogen (secondary N) is 1. The lowest BCUT2D eigenvalue weighted by atomic mass is 10.1. The van der Waals surface area contributed by atoms with Crippen LogP contribution in [0.4, 0.5) is 4.79 Å². The molecule has 0 aliphatic rings. The van der Waals surface area contributed by atoms with Gasteiger partial charge in [0.25, 0.3) is 0 Å². The molecule has 0 aliphatic heterocycles. The van der Waals surface area contributed by atoms with E-state index in [2.05, 4.69) is 10.3 Å². The zero-order valence-electron chi connectivity index (χ0n) is 13.4. The highest BCUT2D eigenvalue weighted by molar-refractivity contribution is 5.68. The minimum atomic E-state index is -0.527. The van der Waals surface area contributed by atoms with Crippen molar-refractivity contribution in [1.82, 2.24) is 10.3 Å². The number of aromatic nitrogens is 1. The standard InChI is InChI=1S/C18H20N2O4/c1-13-17(22)16(15(11-21)10-20-13)8-5-9-19-18(23)24-12-14-6-3-2-4-7-14/h2-8,10,21-22H,9,11-12H2,1H3,(H,19,23). The summed E-state index contributed by atoms with van der Waals surface area (Å²) in [6.45, 7) is 1.88. The molecule has 6 nitrogen and oxygen atoms in total. The Hall–Kier alpha value is -2.86. The summed E-state index contributed by atoms with van der Waals surface area (Å²) in [6, 6.07) is 9.39. The first-order valence-corrected chi connectivity index (χ1v) is 7.51. The number of hydrogen-bond acceptors (Lipinski definition) is 5. The number of benzene rings is 1. The predicted octanol–water partition coefficient (Wildman–Crippen LogP) is 2.53. The highest BCUT2D eigenvalue weighted by atomic mass is 16.5. The summed E-state index contributed by atoms with van der Waals surface area (Å²) in [7, 11) is 0. The van der Waals surface area contributed by atoms with Gasteiger partial charge in [0.15, 0.2) is 0 Å². The summed E-state index contributed by atoms with van der Waals surface area (Å²) in [5.74, 6) is 0.0180. The number of aromatic hydroxyl groups is 1. The van der Waals surface area contributed by atoms with Crippen molar-refractivity contribution in [2.45, 2.75) is 20.1 Å². The quantitative estimate of drug-likeness (QED) is 0.758. The van der Waals surface area contributed by atoms with Crippen LogP contribution in [0, 0.1) is 6.92 Å². The third-order valence-corrected chi connectivity index (χ3v) is 3.39. The monoisotopic (exact) mass is 328 g/mol. The van der Waals surface area contributed by atoms with Crippen LogP contribution in [0.1, 0.15) is 22.4 Å². The van der Waals surface area contributed by atoms with E-state index in [4.69, 9.17) is 4.74 Å². The number of carbonyl (C=O) groups excluding carboxylic acids is 1. The third kappa shape index (κ3) is 4.82. The number of aliphatic hydroxyl groups excluding tert-OH is 1. The lowest BCUT2D eigenvalue weighted by Crippen LogP contribution is -2.24. The molecule has 0 aliphatic carbocycles. The molecule has 3 N–H and O–H groups in total. The fourth-order valence-electron chi connectivity index (χ4n) is 2.06. The second-order valence-electron chi connectivity index (χ2n) is 5.13.